The molecule has 0 spiro atoms. The van der Waals surface area contributed by atoms with Crippen LogP contribution in [0.25, 0.3) is 0 Å². The number of nitrogen functional groups attached to an aromatic ring is 1. The molecule has 0 radical (unpaired) electrons. The predicted molar refractivity (Wildman–Crippen MR) is 73.3 cm³/mol. The Bertz CT molecular complexity index is 441. The lowest BCUT2D eigenvalue weighted by atomic mass is 9.94. The zero-order valence-corrected chi connectivity index (χ0v) is 11.7. The molecule has 7 heteroatoms. The van der Waals surface area contributed by atoms with E-state index in [-0.39, 0.29) is 12.1 Å². The summed E-state index contributed by atoms with van der Waals surface area (Å²) in [5.41, 5.74) is 11.5. The van der Waals surface area contributed by atoms with Gasteiger partial charge >= 0.3 is 5.97 Å². The number of carbonyl (C=O) groups is 1. The molecule has 1 aromatic rings. The molecule has 0 aliphatic heterocycles. The molecular weight excluding hydrogens is 266 g/mol. The molecule has 0 saturated heterocycles. The van der Waals surface area contributed by atoms with Crippen molar-refractivity contribution in [1.82, 2.24) is 4.98 Å². The van der Waals surface area contributed by atoms with Crippen LogP contribution < -0.4 is 16.2 Å². The molecule has 4 N–H and O–H groups in total. The summed E-state index contributed by atoms with van der Waals surface area (Å²) in [4.78, 5) is 16.2. The molecule has 0 unspecified atom stereocenters. The van der Waals surface area contributed by atoms with Gasteiger partial charge in [0.15, 0.2) is 10.0 Å². The minimum absolute atomic E-state index is 0.0504. The molecule has 19 heavy (non-hydrogen) atoms. The number of ether oxygens (including phenoxy) is 2. The fourth-order valence-electron chi connectivity index (χ4n) is 2.09. The van der Waals surface area contributed by atoms with E-state index in [9.17, 15) is 4.79 Å². The van der Waals surface area contributed by atoms with Crippen molar-refractivity contribution in [2.24, 2.45) is 5.73 Å². The Morgan fingerprint density at radius 2 is 2.11 bits per heavy atom. The molecule has 0 atom stereocenters. The summed E-state index contributed by atoms with van der Waals surface area (Å²) >= 11 is 1.09. The van der Waals surface area contributed by atoms with Gasteiger partial charge in [0, 0.05) is 6.04 Å². The first-order valence-electron chi connectivity index (χ1n) is 6.45. The van der Waals surface area contributed by atoms with E-state index in [1.54, 1.807) is 6.92 Å². The Hall–Kier alpha value is -1.34. The maximum absolute atomic E-state index is 11.8. The predicted octanol–water partition coefficient (Wildman–Crippen LogP) is 1.55. The van der Waals surface area contributed by atoms with E-state index in [1.165, 1.54) is 0 Å². The van der Waals surface area contributed by atoms with E-state index < -0.39 is 5.97 Å². The molecular formula is C12H19N3O3S. The third-order valence-electron chi connectivity index (χ3n) is 3.07. The Balaban J connectivity index is 2.05. The van der Waals surface area contributed by atoms with Crippen molar-refractivity contribution in [3.63, 3.8) is 0 Å². The first kappa shape index (κ1) is 14.1. The molecule has 1 aromatic heterocycles. The maximum atomic E-state index is 11.8. The molecule has 0 aromatic carbocycles. The van der Waals surface area contributed by atoms with Gasteiger partial charge in [-0.2, -0.15) is 4.98 Å². The number of hydrogen-bond donors (Lipinski definition) is 2. The molecule has 6 nitrogen and oxygen atoms in total. The normalized spacial score (nSPS) is 23.1. The van der Waals surface area contributed by atoms with Gasteiger partial charge in [-0.25, -0.2) is 4.79 Å². The highest BCUT2D eigenvalue weighted by Crippen LogP contribution is 2.31. The summed E-state index contributed by atoms with van der Waals surface area (Å²) in [5, 5.41) is 0.311. The van der Waals surface area contributed by atoms with Crippen molar-refractivity contribution in [1.29, 1.82) is 0 Å². The smallest absolute Gasteiger partial charge is 0.354 e. The highest BCUT2D eigenvalue weighted by Gasteiger charge is 2.25. The first-order valence-corrected chi connectivity index (χ1v) is 7.27. The minimum Gasteiger partial charge on any atom is -0.473 e. The fourth-order valence-corrected chi connectivity index (χ4v) is 2.75. The summed E-state index contributed by atoms with van der Waals surface area (Å²) in [6.45, 7) is 2.07. The highest BCUT2D eigenvalue weighted by atomic mass is 32.1. The number of esters is 1. The molecule has 1 saturated carbocycles. The van der Waals surface area contributed by atoms with Crippen molar-refractivity contribution in [3.8, 4) is 5.88 Å². The van der Waals surface area contributed by atoms with Crippen molar-refractivity contribution in [3.05, 3.63) is 4.88 Å². The lowest BCUT2D eigenvalue weighted by molar-refractivity contribution is 0.0521. The zero-order chi connectivity index (χ0) is 13.8. The molecule has 106 valence electrons. The van der Waals surface area contributed by atoms with Crippen LogP contribution in [-0.2, 0) is 4.74 Å². The van der Waals surface area contributed by atoms with Crippen molar-refractivity contribution in [2.45, 2.75) is 44.8 Å². The number of nitrogens with zero attached hydrogens (tertiary/aromatic N) is 1. The number of nitrogens with two attached hydrogens (primary N) is 2. The molecule has 0 amide bonds. The largest absolute Gasteiger partial charge is 0.473 e. The third kappa shape index (κ3) is 3.57. The van der Waals surface area contributed by atoms with Crippen LogP contribution in [0, 0.1) is 0 Å². The van der Waals surface area contributed by atoms with Gasteiger partial charge in [-0.1, -0.05) is 11.3 Å². The minimum atomic E-state index is -0.431. The molecule has 1 aliphatic carbocycles. The summed E-state index contributed by atoms with van der Waals surface area (Å²) < 4.78 is 10.8. The van der Waals surface area contributed by atoms with E-state index in [4.69, 9.17) is 20.9 Å². The summed E-state index contributed by atoms with van der Waals surface area (Å²) in [5.74, 6) is -0.138. The van der Waals surface area contributed by atoms with Crippen molar-refractivity contribution < 1.29 is 14.3 Å². The summed E-state index contributed by atoms with van der Waals surface area (Å²) in [7, 11) is 0. The van der Waals surface area contributed by atoms with Gasteiger partial charge in [-0.05, 0) is 32.6 Å². The number of hydrogen-bond acceptors (Lipinski definition) is 7. The lowest BCUT2D eigenvalue weighted by Gasteiger charge is -2.26. The van der Waals surface area contributed by atoms with Gasteiger partial charge in [0.2, 0.25) is 5.88 Å². The summed E-state index contributed by atoms with van der Waals surface area (Å²) in [6.07, 6.45) is 3.66. The van der Waals surface area contributed by atoms with Crippen molar-refractivity contribution >= 4 is 22.4 Å². The van der Waals surface area contributed by atoms with E-state index in [1.807, 2.05) is 0 Å². The van der Waals surface area contributed by atoms with Crippen LogP contribution in [0.15, 0.2) is 0 Å². The van der Waals surface area contributed by atoms with E-state index in [0.29, 0.717) is 22.5 Å². The van der Waals surface area contributed by atoms with Crippen LogP contribution in [0.5, 0.6) is 5.88 Å². The quantitative estimate of drug-likeness (QED) is 0.814. The second-order valence-electron chi connectivity index (χ2n) is 4.56. The van der Waals surface area contributed by atoms with Gasteiger partial charge in [-0.3, -0.25) is 0 Å². The Morgan fingerprint density at radius 3 is 2.74 bits per heavy atom. The lowest BCUT2D eigenvalue weighted by Crippen LogP contribution is -2.32. The maximum Gasteiger partial charge on any atom is 0.354 e. The van der Waals surface area contributed by atoms with Crippen molar-refractivity contribution in [2.75, 3.05) is 12.3 Å². The second kappa shape index (κ2) is 6.21. The molecule has 1 heterocycles. The van der Waals surface area contributed by atoms with Gasteiger partial charge in [0.25, 0.3) is 0 Å². The van der Waals surface area contributed by atoms with Crippen LogP contribution in [0.4, 0.5) is 5.13 Å². The van der Waals surface area contributed by atoms with Crippen LogP contribution in [0.3, 0.4) is 0 Å². The molecule has 1 fully saturated rings. The number of thiazole rings is 1. The first-order chi connectivity index (χ1) is 9.10. The number of rotatable bonds is 4. The molecule has 0 bridgehead atoms. The topological polar surface area (TPSA) is 100 Å². The van der Waals surface area contributed by atoms with E-state index in [2.05, 4.69) is 4.98 Å². The van der Waals surface area contributed by atoms with E-state index in [0.717, 1.165) is 37.0 Å². The van der Waals surface area contributed by atoms with Gasteiger partial charge in [0.1, 0.15) is 6.10 Å². The van der Waals surface area contributed by atoms with E-state index >= 15 is 0 Å². The van der Waals surface area contributed by atoms with Gasteiger partial charge in [0.05, 0.1) is 6.61 Å². The standard InChI is InChI=1S/C12H19N3O3S/c1-2-17-11(16)9-10(15-12(14)19-9)18-8-5-3-7(13)4-6-8/h7-8H,2-6,13H2,1H3,(H2,14,15). The summed E-state index contributed by atoms with van der Waals surface area (Å²) in [6, 6.07) is 0.255. The number of aromatic nitrogens is 1. The van der Waals surface area contributed by atoms with Gasteiger partial charge < -0.3 is 20.9 Å². The Morgan fingerprint density at radius 1 is 1.42 bits per heavy atom. The van der Waals surface area contributed by atoms with Gasteiger partial charge in [-0.15, -0.1) is 0 Å². The van der Waals surface area contributed by atoms with Crippen LogP contribution in [0.2, 0.25) is 0 Å². The average molecular weight is 285 g/mol. The molecule has 2 rings (SSSR count). The average Bonchev–Trinajstić information content (AvgIpc) is 2.74. The number of anilines is 1. The van der Waals surface area contributed by atoms with Crippen LogP contribution >= 0.6 is 11.3 Å². The Kier molecular flexibility index (Phi) is 4.60. The zero-order valence-electron chi connectivity index (χ0n) is 10.9. The Labute approximate surface area is 116 Å². The van der Waals surface area contributed by atoms with Crippen LogP contribution in [0.1, 0.15) is 42.3 Å². The SMILES string of the molecule is CCOC(=O)c1sc(N)nc1OC1CCC(N)CC1. The monoisotopic (exact) mass is 285 g/mol. The highest BCUT2D eigenvalue weighted by molar-refractivity contribution is 7.17. The number of carbonyl (C=O) groups excluding carboxylic acids is 1. The van der Waals surface area contributed by atoms with Crippen LogP contribution in [-0.4, -0.2) is 29.7 Å². The fraction of sp³-hybridized carbons (Fsp3) is 0.667. The third-order valence-corrected chi connectivity index (χ3v) is 3.92. The second-order valence-corrected chi connectivity index (χ2v) is 5.59. The molecule has 1 aliphatic rings.